The maximum absolute atomic E-state index is 12.2. The Kier molecular flexibility index (Phi) is 4.34. The highest BCUT2D eigenvalue weighted by molar-refractivity contribution is 7.07. The summed E-state index contributed by atoms with van der Waals surface area (Å²) in [6, 6.07) is 1.88. The van der Waals surface area contributed by atoms with E-state index >= 15 is 0 Å². The first-order chi connectivity index (χ1) is 9.37. The van der Waals surface area contributed by atoms with Crippen LogP contribution >= 0.6 is 22.9 Å². The quantitative estimate of drug-likeness (QED) is 0.940. The molecule has 0 aliphatic rings. The van der Waals surface area contributed by atoms with Crippen molar-refractivity contribution in [2.75, 3.05) is 5.32 Å². The Labute approximate surface area is 120 Å². The molecular formula is C11H9ClF3N3OS. The number of halogens is 4. The van der Waals surface area contributed by atoms with Crippen LogP contribution in [0.2, 0.25) is 5.02 Å². The predicted octanol–water partition coefficient (Wildman–Crippen LogP) is 3.13. The molecule has 0 unspecified atom stereocenters. The molecule has 2 aromatic heterocycles. The van der Waals surface area contributed by atoms with E-state index in [0.717, 1.165) is 11.8 Å². The standard InChI is InChI=1S/C11H9ClF3N3OS/c12-9-8(16-3-7-1-2-20-5-7)4-17-18(10(9)19)6-11(13,14)15/h1-2,4-5,16H,3,6H2. The third kappa shape index (κ3) is 3.73. The van der Waals surface area contributed by atoms with E-state index in [2.05, 4.69) is 10.4 Å². The summed E-state index contributed by atoms with van der Waals surface area (Å²) in [7, 11) is 0. The summed E-state index contributed by atoms with van der Waals surface area (Å²) < 4.78 is 37.0. The van der Waals surface area contributed by atoms with Crippen molar-refractivity contribution in [2.45, 2.75) is 19.3 Å². The third-order valence-corrected chi connectivity index (χ3v) is 3.47. The van der Waals surface area contributed by atoms with Crippen LogP contribution in [0.1, 0.15) is 5.56 Å². The average molecular weight is 324 g/mol. The van der Waals surface area contributed by atoms with Gasteiger partial charge in [-0.05, 0) is 22.4 Å². The molecule has 0 bridgehead atoms. The summed E-state index contributed by atoms with van der Waals surface area (Å²) >= 11 is 7.28. The van der Waals surface area contributed by atoms with E-state index in [-0.39, 0.29) is 15.4 Å². The number of hydrogen-bond acceptors (Lipinski definition) is 4. The number of aromatic nitrogens is 2. The second-order valence-electron chi connectivity index (χ2n) is 3.94. The van der Waals surface area contributed by atoms with Crippen LogP contribution in [0.5, 0.6) is 0 Å². The van der Waals surface area contributed by atoms with Gasteiger partial charge in [-0.2, -0.15) is 29.6 Å². The highest BCUT2D eigenvalue weighted by Crippen LogP contribution is 2.19. The van der Waals surface area contributed by atoms with Crippen LogP contribution in [-0.4, -0.2) is 16.0 Å². The fourth-order valence-electron chi connectivity index (χ4n) is 1.46. The van der Waals surface area contributed by atoms with Crippen molar-refractivity contribution < 1.29 is 13.2 Å². The van der Waals surface area contributed by atoms with Gasteiger partial charge in [-0.15, -0.1) is 0 Å². The van der Waals surface area contributed by atoms with Crippen LogP contribution in [0.3, 0.4) is 0 Å². The topological polar surface area (TPSA) is 46.9 Å². The molecule has 0 fully saturated rings. The molecule has 0 saturated carbocycles. The number of alkyl halides is 3. The van der Waals surface area contributed by atoms with Gasteiger partial charge in [0.05, 0.1) is 11.9 Å². The normalized spacial score (nSPS) is 11.6. The lowest BCUT2D eigenvalue weighted by Gasteiger charge is -2.11. The Balaban J connectivity index is 2.16. The maximum atomic E-state index is 12.2. The second kappa shape index (κ2) is 5.84. The SMILES string of the molecule is O=c1c(Cl)c(NCc2ccsc2)cnn1CC(F)(F)F. The molecule has 4 nitrogen and oxygen atoms in total. The van der Waals surface area contributed by atoms with Crippen molar-refractivity contribution in [3.63, 3.8) is 0 Å². The molecule has 0 aromatic carbocycles. The highest BCUT2D eigenvalue weighted by Gasteiger charge is 2.29. The van der Waals surface area contributed by atoms with E-state index in [1.807, 2.05) is 16.8 Å². The smallest absolute Gasteiger partial charge is 0.378 e. The van der Waals surface area contributed by atoms with Crippen LogP contribution in [0, 0.1) is 0 Å². The third-order valence-electron chi connectivity index (χ3n) is 2.38. The largest absolute Gasteiger partial charge is 0.408 e. The minimum Gasteiger partial charge on any atom is -0.378 e. The summed E-state index contributed by atoms with van der Waals surface area (Å²) in [4.78, 5) is 11.7. The van der Waals surface area contributed by atoms with E-state index in [0.29, 0.717) is 6.54 Å². The van der Waals surface area contributed by atoms with Gasteiger partial charge in [0, 0.05) is 6.54 Å². The Morgan fingerprint density at radius 1 is 1.45 bits per heavy atom. The summed E-state index contributed by atoms with van der Waals surface area (Å²) in [6.07, 6.45) is -3.41. The van der Waals surface area contributed by atoms with Crippen molar-refractivity contribution in [3.8, 4) is 0 Å². The molecule has 0 radical (unpaired) electrons. The minimum absolute atomic E-state index is 0.210. The molecule has 0 aliphatic heterocycles. The first-order valence-corrected chi connectivity index (χ1v) is 6.76. The Morgan fingerprint density at radius 3 is 2.80 bits per heavy atom. The van der Waals surface area contributed by atoms with Gasteiger partial charge < -0.3 is 5.32 Å². The molecule has 1 N–H and O–H groups in total. The summed E-state index contributed by atoms with van der Waals surface area (Å²) in [5.74, 6) is 0. The van der Waals surface area contributed by atoms with E-state index in [1.54, 1.807) is 0 Å². The van der Waals surface area contributed by atoms with Gasteiger partial charge in [-0.1, -0.05) is 11.6 Å². The number of nitrogens with one attached hydrogen (secondary N) is 1. The number of anilines is 1. The number of thiophene rings is 1. The summed E-state index contributed by atoms with van der Waals surface area (Å²) in [5.41, 5.74) is 0.214. The Hall–Kier alpha value is -1.54. The van der Waals surface area contributed by atoms with Crippen molar-refractivity contribution in [3.05, 3.63) is 44.0 Å². The molecule has 20 heavy (non-hydrogen) atoms. The second-order valence-corrected chi connectivity index (χ2v) is 5.09. The van der Waals surface area contributed by atoms with Gasteiger partial charge in [0.1, 0.15) is 11.6 Å². The van der Waals surface area contributed by atoms with Crippen molar-refractivity contribution >= 4 is 28.6 Å². The van der Waals surface area contributed by atoms with E-state index in [4.69, 9.17) is 11.6 Å². The first kappa shape index (κ1) is 14.9. The molecule has 2 rings (SSSR count). The molecule has 108 valence electrons. The zero-order valence-corrected chi connectivity index (χ0v) is 11.5. The molecule has 2 aromatic rings. The van der Waals surface area contributed by atoms with Crippen LogP contribution in [0.25, 0.3) is 0 Å². The monoisotopic (exact) mass is 323 g/mol. The molecular weight excluding hydrogens is 315 g/mol. The van der Waals surface area contributed by atoms with Crippen LogP contribution in [0.15, 0.2) is 27.8 Å². The molecule has 0 atom stereocenters. The van der Waals surface area contributed by atoms with Gasteiger partial charge in [0.15, 0.2) is 0 Å². The molecule has 0 spiro atoms. The zero-order chi connectivity index (χ0) is 14.8. The van der Waals surface area contributed by atoms with Gasteiger partial charge in [0.25, 0.3) is 5.56 Å². The van der Waals surface area contributed by atoms with Gasteiger partial charge in [0.2, 0.25) is 0 Å². The Bertz CT molecular complexity index is 639. The minimum atomic E-state index is -4.52. The van der Waals surface area contributed by atoms with E-state index < -0.39 is 18.3 Å². The van der Waals surface area contributed by atoms with Crippen LogP contribution < -0.4 is 10.9 Å². The zero-order valence-electron chi connectivity index (χ0n) is 9.95. The number of nitrogens with zero attached hydrogens (tertiary/aromatic N) is 2. The van der Waals surface area contributed by atoms with Gasteiger partial charge in [-0.3, -0.25) is 4.79 Å². The lowest BCUT2D eigenvalue weighted by atomic mass is 10.3. The first-order valence-electron chi connectivity index (χ1n) is 5.44. The van der Waals surface area contributed by atoms with Crippen molar-refractivity contribution in [2.24, 2.45) is 0 Å². The van der Waals surface area contributed by atoms with Crippen LogP contribution in [0.4, 0.5) is 18.9 Å². The molecule has 0 amide bonds. The fourth-order valence-corrected chi connectivity index (χ4v) is 2.34. The highest BCUT2D eigenvalue weighted by atomic mass is 35.5. The molecule has 0 aliphatic carbocycles. The number of hydrogen-bond donors (Lipinski definition) is 1. The lowest BCUT2D eigenvalue weighted by molar-refractivity contribution is -0.143. The van der Waals surface area contributed by atoms with E-state index in [9.17, 15) is 18.0 Å². The number of rotatable bonds is 4. The summed E-state index contributed by atoms with van der Waals surface area (Å²) in [5, 5.41) is 9.81. The van der Waals surface area contributed by atoms with E-state index in [1.165, 1.54) is 11.3 Å². The lowest BCUT2D eigenvalue weighted by Crippen LogP contribution is -2.30. The van der Waals surface area contributed by atoms with Gasteiger partial charge >= 0.3 is 6.18 Å². The summed E-state index contributed by atoms with van der Waals surface area (Å²) in [6.45, 7) is -1.05. The fraction of sp³-hybridized carbons (Fsp3) is 0.273. The maximum Gasteiger partial charge on any atom is 0.408 e. The molecule has 0 saturated heterocycles. The van der Waals surface area contributed by atoms with Crippen LogP contribution in [-0.2, 0) is 13.1 Å². The predicted molar refractivity (Wildman–Crippen MR) is 71.2 cm³/mol. The Morgan fingerprint density at radius 2 is 2.20 bits per heavy atom. The van der Waals surface area contributed by atoms with Crippen molar-refractivity contribution in [1.82, 2.24) is 9.78 Å². The molecule has 2 heterocycles. The molecule has 9 heteroatoms. The van der Waals surface area contributed by atoms with Crippen molar-refractivity contribution in [1.29, 1.82) is 0 Å². The average Bonchev–Trinajstić information content (AvgIpc) is 2.86. The van der Waals surface area contributed by atoms with Gasteiger partial charge in [-0.25, -0.2) is 4.68 Å².